The molecule has 4 rings (SSSR count). The van der Waals surface area contributed by atoms with Gasteiger partial charge in [-0.2, -0.15) is 0 Å². The smallest absolute Gasteiger partial charge is 0.266 e. The van der Waals surface area contributed by atoms with Crippen molar-refractivity contribution in [2.75, 3.05) is 33.4 Å². The Morgan fingerprint density at radius 2 is 1.87 bits per heavy atom. The molecule has 0 aliphatic carbocycles. The number of benzene rings is 1. The molecule has 1 aliphatic rings. The summed E-state index contributed by atoms with van der Waals surface area (Å²) in [5.41, 5.74) is 1.17. The Hall–Kier alpha value is -2.93. The number of hydrogen-bond acceptors (Lipinski definition) is 6. The summed E-state index contributed by atoms with van der Waals surface area (Å²) >= 11 is 0. The molecular weight excluding hydrogens is 380 g/mol. The predicted molar refractivity (Wildman–Crippen MR) is 117 cm³/mol. The van der Waals surface area contributed by atoms with Gasteiger partial charge in [0.05, 0.1) is 36.5 Å². The molecule has 0 bridgehead atoms. The van der Waals surface area contributed by atoms with Crippen LogP contribution < -0.4 is 15.0 Å². The number of pyridine rings is 1. The maximum Gasteiger partial charge on any atom is 0.266 e. The normalized spacial score (nSPS) is 14.7. The second-order valence-electron chi connectivity index (χ2n) is 7.64. The van der Waals surface area contributed by atoms with E-state index in [1.54, 1.807) is 16.8 Å². The molecule has 1 saturated heterocycles. The predicted octanol–water partition coefficient (Wildman–Crippen LogP) is 3.35. The van der Waals surface area contributed by atoms with E-state index in [9.17, 15) is 4.79 Å². The van der Waals surface area contributed by atoms with Crippen molar-refractivity contribution in [2.45, 2.75) is 32.6 Å². The SMILES string of the molecule is COc1cc2c(=O)n(-c3ccc(OCCCN4CCCCC4)cc3)c(C)nc2cn1. The molecule has 0 spiro atoms. The quantitative estimate of drug-likeness (QED) is 0.559. The number of nitrogens with zero attached hydrogens (tertiary/aromatic N) is 4. The van der Waals surface area contributed by atoms with E-state index >= 15 is 0 Å². The highest BCUT2D eigenvalue weighted by molar-refractivity contribution is 5.78. The van der Waals surface area contributed by atoms with Crippen molar-refractivity contribution in [2.24, 2.45) is 0 Å². The first-order chi connectivity index (χ1) is 14.7. The zero-order valence-electron chi connectivity index (χ0n) is 17.6. The monoisotopic (exact) mass is 408 g/mol. The molecule has 0 unspecified atom stereocenters. The van der Waals surface area contributed by atoms with Crippen molar-refractivity contribution < 1.29 is 9.47 Å². The van der Waals surface area contributed by atoms with Crippen LogP contribution in [0.3, 0.4) is 0 Å². The molecule has 30 heavy (non-hydrogen) atoms. The summed E-state index contributed by atoms with van der Waals surface area (Å²) in [4.78, 5) is 24.2. The summed E-state index contributed by atoms with van der Waals surface area (Å²) < 4.78 is 12.6. The first-order valence-corrected chi connectivity index (χ1v) is 10.5. The van der Waals surface area contributed by atoms with Crippen LogP contribution in [0.2, 0.25) is 0 Å². The van der Waals surface area contributed by atoms with Gasteiger partial charge in [0.15, 0.2) is 0 Å². The molecule has 0 N–H and O–H groups in total. The zero-order valence-corrected chi connectivity index (χ0v) is 17.6. The molecule has 1 aliphatic heterocycles. The maximum absolute atomic E-state index is 13.1. The van der Waals surface area contributed by atoms with E-state index in [2.05, 4.69) is 14.9 Å². The van der Waals surface area contributed by atoms with Crippen LogP contribution in [-0.2, 0) is 0 Å². The van der Waals surface area contributed by atoms with E-state index in [0.717, 1.165) is 24.4 Å². The fraction of sp³-hybridized carbons (Fsp3) is 0.435. The van der Waals surface area contributed by atoms with Crippen molar-refractivity contribution in [3.63, 3.8) is 0 Å². The lowest BCUT2D eigenvalue weighted by Crippen LogP contribution is -2.31. The van der Waals surface area contributed by atoms with Gasteiger partial charge in [-0.05, 0) is 63.5 Å². The second kappa shape index (κ2) is 9.26. The minimum atomic E-state index is -0.145. The first kappa shape index (κ1) is 20.3. The van der Waals surface area contributed by atoms with Crippen LogP contribution in [0.1, 0.15) is 31.5 Å². The zero-order chi connectivity index (χ0) is 20.9. The standard InChI is InChI=1S/C23H28N4O3/c1-17-25-21-16-24-22(29-2)15-20(21)23(28)27(17)18-7-9-19(10-8-18)30-14-6-13-26-11-4-3-5-12-26/h7-10,15-16H,3-6,11-14H2,1-2H3. The number of aromatic nitrogens is 3. The van der Waals surface area contributed by atoms with E-state index in [-0.39, 0.29) is 5.56 Å². The summed E-state index contributed by atoms with van der Waals surface area (Å²) in [6.07, 6.45) is 6.57. The van der Waals surface area contributed by atoms with Crippen molar-refractivity contribution in [1.82, 2.24) is 19.4 Å². The average Bonchev–Trinajstić information content (AvgIpc) is 2.78. The Labute approximate surface area is 176 Å². The number of rotatable bonds is 7. The van der Waals surface area contributed by atoms with Gasteiger partial charge < -0.3 is 14.4 Å². The van der Waals surface area contributed by atoms with E-state index in [1.807, 2.05) is 31.2 Å². The van der Waals surface area contributed by atoms with Crippen LogP contribution >= 0.6 is 0 Å². The first-order valence-electron chi connectivity index (χ1n) is 10.5. The van der Waals surface area contributed by atoms with Gasteiger partial charge in [-0.3, -0.25) is 9.36 Å². The molecule has 0 saturated carbocycles. The number of fused-ring (bicyclic) bond motifs is 1. The third-order valence-corrected chi connectivity index (χ3v) is 5.54. The van der Waals surface area contributed by atoms with Crippen molar-refractivity contribution >= 4 is 10.9 Å². The number of methoxy groups -OCH3 is 1. The molecule has 7 heteroatoms. The van der Waals surface area contributed by atoms with Crippen LogP contribution in [0.5, 0.6) is 11.6 Å². The van der Waals surface area contributed by atoms with Gasteiger partial charge in [0.2, 0.25) is 5.88 Å². The van der Waals surface area contributed by atoms with Crippen molar-refractivity contribution in [3.05, 3.63) is 52.7 Å². The van der Waals surface area contributed by atoms with Crippen LogP contribution in [0.25, 0.3) is 16.6 Å². The van der Waals surface area contributed by atoms with E-state index in [4.69, 9.17) is 9.47 Å². The van der Waals surface area contributed by atoms with Crippen LogP contribution in [0, 0.1) is 6.92 Å². The molecule has 0 amide bonds. The Balaban J connectivity index is 1.45. The lowest BCUT2D eigenvalue weighted by atomic mass is 10.1. The van der Waals surface area contributed by atoms with Gasteiger partial charge in [0.25, 0.3) is 5.56 Å². The topological polar surface area (TPSA) is 69.5 Å². The second-order valence-corrected chi connectivity index (χ2v) is 7.64. The molecule has 3 heterocycles. The molecular formula is C23H28N4O3. The van der Waals surface area contributed by atoms with Crippen molar-refractivity contribution in [1.29, 1.82) is 0 Å². The highest BCUT2D eigenvalue weighted by atomic mass is 16.5. The number of aryl methyl sites for hydroxylation is 1. The lowest BCUT2D eigenvalue weighted by molar-refractivity contribution is 0.205. The highest BCUT2D eigenvalue weighted by Crippen LogP contribution is 2.18. The summed E-state index contributed by atoms with van der Waals surface area (Å²) in [5, 5.41) is 0.477. The minimum absolute atomic E-state index is 0.145. The summed E-state index contributed by atoms with van der Waals surface area (Å²) in [6, 6.07) is 9.21. The fourth-order valence-electron chi connectivity index (χ4n) is 3.95. The third-order valence-electron chi connectivity index (χ3n) is 5.54. The van der Waals surface area contributed by atoms with Gasteiger partial charge in [-0.25, -0.2) is 9.97 Å². The number of hydrogen-bond donors (Lipinski definition) is 0. The summed E-state index contributed by atoms with van der Waals surface area (Å²) in [6.45, 7) is 6.03. The minimum Gasteiger partial charge on any atom is -0.494 e. The Morgan fingerprint density at radius 3 is 2.60 bits per heavy atom. The van der Waals surface area contributed by atoms with Gasteiger partial charge in [0, 0.05) is 12.6 Å². The molecule has 0 atom stereocenters. The molecule has 1 fully saturated rings. The molecule has 2 aromatic heterocycles. The largest absolute Gasteiger partial charge is 0.494 e. The average molecular weight is 409 g/mol. The summed E-state index contributed by atoms with van der Waals surface area (Å²) in [5.74, 6) is 1.81. The fourth-order valence-corrected chi connectivity index (χ4v) is 3.95. The molecule has 0 radical (unpaired) electrons. The Kier molecular flexibility index (Phi) is 6.28. The van der Waals surface area contributed by atoms with E-state index in [0.29, 0.717) is 29.2 Å². The third kappa shape index (κ3) is 4.46. The summed E-state index contributed by atoms with van der Waals surface area (Å²) in [7, 11) is 1.53. The molecule has 7 nitrogen and oxygen atoms in total. The molecule has 158 valence electrons. The van der Waals surface area contributed by atoms with Crippen LogP contribution in [0.15, 0.2) is 41.3 Å². The Bertz CT molecular complexity index is 1060. The van der Waals surface area contributed by atoms with E-state index in [1.165, 1.54) is 39.5 Å². The molecule has 1 aromatic carbocycles. The van der Waals surface area contributed by atoms with Gasteiger partial charge in [-0.15, -0.1) is 0 Å². The highest BCUT2D eigenvalue weighted by Gasteiger charge is 2.12. The molecule has 3 aromatic rings. The van der Waals surface area contributed by atoms with E-state index < -0.39 is 0 Å². The van der Waals surface area contributed by atoms with Crippen LogP contribution in [-0.4, -0.2) is 52.8 Å². The number of likely N-dealkylation sites (tertiary alicyclic amines) is 1. The van der Waals surface area contributed by atoms with Gasteiger partial charge in [0.1, 0.15) is 11.6 Å². The number of ether oxygens (including phenoxy) is 2. The van der Waals surface area contributed by atoms with Crippen molar-refractivity contribution in [3.8, 4) is 17.3 Å². The van der Waals surface area contributed by atoms with Gasteiger partial charge >= 0.3 is 0 Å². The van der Waals surface area contributed by atoms with Gasteiger partial charge in [-0.1, -0.05) is 6.42 Å². The maximum atomic E-state index is 13.1. The number of piperidine rings is 1. The Morgan fingerprint density at radius 1 is 1.10 bits per heavy atom. The van der Waals surface area contributed by atoms with Crippen LogP contribution in [0.4, 0.5) is 0 Å². The lowest BCUT2D eigenvalue weighted by Gasteiger charge is -2.26.